The van der Waals surface area contributed by atoms with E-state index < -0.39 is 6.09 Å². The first-order valence-electron chi connectivity index (χ1n) is 6.35. The fraction of sp³-hybridized carbons (Fsp3) is 0.214. The molecule has 2 heterocycles. The zero-order valence-electron chi connectivity index (χ0n) is 11.9. The van der Waals surface area contributed by atoms with Crippen molar-refractivity contribution in [3.05, 3.63) is 34.7 Å². The van der Waals surface area contributed by atoms with Crippen LogP contribution < -0.4 is 5.32 Å². The van der Waals surface area contributed by atoms with Crippen LogP contribution in [-0.4, -0.2) is 27.8 Å². The van der Waals surface area contributed by atoms with E-state index in [1.54, 1.807) is 4.52 Å². The Morgan fingerprint density at radius 2 is 2.19 bits per heavy atom. The van der Waals surface area contributed by atoms with Gasteiger partial charge in [-0.2, -0.15) is 4.98 Å². The Bertz CT molecular complexity index is 822. The summed E-state index contributed by atoms with van der Waals surface area (Å²) in [5.74, 6) is 0.236. The van der Waals surface area contributed by atoms with Crippen molar-refractivity contribution in [3.8, 4) is 11.3 Å². The fourth-order valence-electron chi connectivity index (χ4n) is 2.16. The molecule has 0 radical (unpaired) electrons. The minimum absolute atomic E-state index is 0.236. The van der Waals surface area contributed by atoms with Crippen molar-refractivity contribution >= 4 is 28.3 Å². The molecular formula is C14H14N4O2S. The highest BCUT2D eigenvalue weighted by Crippen LogP contribution is 2.28. The summed E-state index contributed by atoms with van der Waals surface area (Å²) in [6.45, 7) is 4.13. The molecule has 108 valence electrons. The summed E-state index contributed by atoms with van der Waals surface area (Å²) in [7, 11) is 1.30. The summed E-state index contributed by atoms with van der Waals surface area (Å²) in [5, 5.41) is 8.79. The van der Waals surface area contributed by atoms with Crippen molar-refractivity contribution in [1.29, 1.82) is 0 Å². The van der Waals surface area contributed by atoms with Crippen LogP contribution in [0, 0.1) is 13.8 Å². The summed E-state index contributed by atoms with van der Waals surface area (Å²) < 4.78 is 6.27. The van der Waals surface area contributed by atoms with Gasteiger partial charge in [0.25, 0.3) is 5.95 Å². The van der Waals surface area contributed by atoms with Crippen LogP contribution >= 0.6 is 11.3 Å². The third kappa shape index (κ3) is 2.47. The van der Waals surface area contributed by atoms with E-state index in [4.69, 9.17) is 0 Å². The summed E-state index contributed by atoms with van der Waals surface area (Å²) in [5.41, 5.74) is 4.45. The number of ether oxygens (including phenoxy) is 1. The Balaban J connectivity index is 2.05. The number of carbonyl (C=O) groups is 1. The summed E-state index contributed by atoms with van der Waals surface area (Å²) in [6, 6.07) is 6.26. The molecule has 0 aliphatic carbocycles. The maximum atomic E-state index is 11.2. The lowest BCUT2D eigenvalue weighted by Gasteiger charge is -2.05. The van der Waals surface area contributed by atoms with Gasteiger partial charge in [-0.15, -0.1) is 16.4 Å². The van der Waals surface area contributed by atoms with Crippen molar-refractivity contribution in [2.24, 2.45) is 0 Å². The van der Waals surface area contributed by atoms with Crippen LogP contribution in [-0.2, 0) is 4.74 Å². The lowest BCUT2D eigenvalue weighted by atomic mass is 10.0. The largest absolute Gasteiger partial charge is 0.453 e. The number of aromatic nitrogens is 3. The predicted octanol–water partition coefficient (Wildman–Crippen LogP) is 3.25. The molecule has 3 rings (SSSR count). The van der Waals surface area contributed by atoms with Gasteiger partial charge in [0, 0.05) is 10.9 Å². The highest BCUT2D eigenvalue weighted by molar-refractivity contribution is 7.15. The number of nitrogens with zero attached hydrogens (tertiary/aromatic N) is 3. The van der Waals surface area contributed by atoms with Crippen LogP contribution in [0.5, 0.6) is 0 Å². The number of methoxy groups -OCH3 is 1. The highest BCUT2D eigenvalue weighted by Gasteiger charge is 2.14. The van der Waals surface area contributed by atoms with E-state index in [1.165, 1.54) is 29.6 Å². The van der Waals surface area contributed by atoms with Gasteiger partial charge in [0.15, 0.2) is 0 Å². The van der Waals surface area contributed by atoms with Crippen molar-refractivity contribution in [1.82, 2.24) is 14.6 Å². The van der Waals surface area contributed by atoms with Crippen molar-refractivity contribution < 1.29 is 9.53 Å². The number of hydrogen-bond acceptors (Lipinski definition) is 5. The first-order chi connectivity index (χ1) is 10.1. The van der Waals surface area contributed by atoms with Gasteiger partial charge in [-0.3, -0.25) is 5.32 Å². The van der Waals surface area contributed by atoms with Crippen LogP contribution in [0.4, 0.5) is 10.7 Å². The van der Waals surface area contributed by atoms with Crippen molar-refractivity contribution in [2.75, 3.05) is 12.4 Å². The molecule has 1 amide bonds. The zero-order valence-corrected chi connectivity index (χ0v) is 12.7. The Morgan fingerprint density at radius 1 is 1.38 bits per heavy atom. The normalized spacial score (nSPS) is 10.8. The van der Waals surface area contributed by atoms with E-state index >= 15 is 0 Å². The molecule has 7 heteroatoms. The van der Waals surface area contributed by atoms with E-state index in [0.29, 0.717) is 0 Å². The third-order valence-corrected chi connectivity index (χ3v) is 3.95. The van der Waals surface area contributed by atoms with E-state index in [-0.39, 0.29) is 5.95 Å². The van der Waals surface area contributed by atoms with E-state index in [2.05, 4.69) is 52.2 Å². The molecule has 6 nitrogen and oxygen atoms in total. The number of benzene rings is 1. The number of carbonyl (C=O) groups excluding carboxylic acids is 1. The second kappa shape index (κ2) is 5.17. The SMILES string of the molecule is COC(=O)Nc1nc2scc(-c3ccc(C)cc3C)n2n1. The second-order valence-electron chi connectivity index (χ2n) is 4.69. The number of nitrogens with one attached hydrogen (secondary N) is 1. The molecule has 0 saturated carbocycles. The predicted molar refractivity (Wildman–Crippen MR) is 81.8 cm³/mol. The summed E-state index contributed by atoms with van der Waals surface area (Å²) in [6.07, 6.45) is -0.582. The molecule has 2 aromatic heterocycles. The minimum atomic E-state index is -0.582. The number of anilines is 1. The van der Waals surface area contributed by atoms with E-state index in [0.717, 1.165) is 16.2 Å². The number of rotatable bonds is 2. The van der Waals surface area contributed by atoms with Crippen molar-refractivity contribution in [3.63, 3.8) is 0 Å². The van der Waals surface area contributed by atoms with Crippen LogP contribution in [0.2, 0.25) is 0 Å². The Hall–Kier alpha value is -2.41. The van der Waals surface area contributed by atoms with Gasteiger partial charge in [0.05, 0.1) is 12.8 Å². The molecule has 0 aliphatic heterocycles. The standard InChI is InChI=1S/C14H14N4O2S/c1-8-4-5-10(9(2)6-8)11-7-21-13-15-12(17-18(11)13)16-14(19)20-3/h4-7H,1-3H3,(H,16,17,19). The average molecular weight is 302 g/mol. The lowest BCUT2D eigenvalue weighted by molar-refractivity contribution is 0.186. The first kappa shape index (κ1) is 13.6. The minimum Gasteiger partial charge on any atom is -0.453 e. The lowest BCUT2D eigenvalue weighted by Crippen LogP contribution is -2.12. The third-order valence-electron chi connectivity index (χ3n) is 3.14. The van der Waals surface area contributed by atoms with Crippen LogP contribution in [0.15, 0.2) is 23.6 Å². The Morgan fingerprint density at radius 3 is 2.90 bits per heavy atom. The quantitative estimate of drug-likeness (QED) is 0.789. The summed E-state index contributed by atoms with van der Waals surface area (Å²) >= 11 is 1.47. The van der Waals surface area contributed by atoms with Crippen LogP contribution in [0.25, 0.3) is 16.2 Å². The zero-order chi connectivity index (χ0) is 15.0. The molecule has 1 N–H and O–H groups in total. The fourth-order valence-corrected chi connectivity index (χ4v) is 2.99. The maximum Gasteiger partial charge on any atom is 0.413 e. The topological polar surface area (TPSA) is 68.5 Å². The first-order valence-corrected chi connectivity index (χ1v) is 7.23. The second-order valence-corrected chi connectivity index (χ2v) is 5.52. The molecule has 0 unspecified atom stereocenters. The molecule has 0 bridgehead atoms. The molecule has 0 saturated heterocycles. The van der Waals surface area contributed by atoms with E-state index in [9.17, 15) is 4.79 Å². The Kier molecular flexibility index (Phi) is 3.34. The molecular weight excluding hydrogens is 288 g/mol. The summed E-state index contributed by atoms with van der Waals surface area (Å²) in [4.78, 5) is 16.2. The van der Waals surface area contributed by atoms with E-state index in [1.807, 2.05) is 5.38 Å². The van der Waals surface area contributed by atoms with Crippen molar-refractivity contribution in [2.45, 2.75) is 13.8 Å². The maximum absolute atomic E-state index is 11.2. The van der Waals surface area contributed by atoms with Gasteiger partial charge in [0.1, 0.15) is 0 Å². The Labute approximate surface area is 125 Å². The smallest absolute Gasteiger partial charge is 0.413 e. The molecule has 0 atom stereocenters. The van der Waals surface area contributed by atoms with Gasteiger partial charge in [-0.25, -0.2) is 9.31 Å². The molecule has 0 fully saturated rings. The van der Waals surface area contributed by atoms with Crippen LogP contribution in [0.1, 0.15) is 11.1 Å². The van der Waals surface area contributed by atoms with Gasteiger partial charge in [-0.05, 0) is 19.4 Å². The molecule has 21 heavy (non-hydrogen) atoms. The molecule has 3 aromatic rings. The molecule has 1 aromatic carbocycles. The average Bonchev–Trinajstić information content (AvgIpc) is 2.99. The number of aryl methyl sites for hydroxylation is 2. The number of hydrogen-bond donors (Lipinski definition) is 1. The van der Waals surface area contributed by atoms with Gasteiger partial charge in [-0.1, -0.05) is 23.8 Å². The number of thiazole rings is 1. The monoisotopic (exact) mass is 302 g/mol. The highest BCUT2D eigenvalue weighted by atomic mass is 32.1. The van der Waals surface area contributed by atoms with Gasteiger partial charge in [0.2, 0.25) is 4.96 Å². The number of fused-ring (bicyclic) bond motifs is 1. The van der Waals surface area contributed by atoms with Gasteiger partial charge < -0.3 is 4.74 Å². The number of amides is 1. The molecule has 0 spiro atoms. The molecule has 0 aliphatic rings. The van der Waals surface area contributed by atoms with Crippen LogP contribution in [0.3, 0.4) is 0 Å². The van der Waals surface area contributed by atoms with Gasteiger partial charge >= 0.3 is 6.09 Å².